The van der Waals surface area contributed by atoms with Crippen molar-refractivity contribution in [2.24, 2.45) is 0 Å². The lowest BCUT2D eigenvalue weighted by atomic mass is 10.0. The molecule has 0 radical (unpaired) electrons. The minimum Gasteiger partial charge on any atom is -0.493 e. The zero-order valence-corrected chi connectivity index (χ0v) is 22.0. The number of carbonyl (C=O) groups excluding carboxylic acids is 1. The molecular formula is C28H40N2O6. The predicted molar refractivity (Wildman–Crippen MR) is 140 cm³/mol. The number of urea groups is 1. The Morgan fingerprint density at radius 3 is 2.08 bits per heavy atom. The number of carboxylic acid groups (broad SMARTS) is 1. The molecule has 2 amide bonds. The molecule has 8 heteroatoms. The van der Waals surface area contributed by atoms with Gasteiger partial charge in [-0.3, -0.25) is 0 Å². The minimum atomic E-state index is -1.41. The molecule has 0 aliphatic rings. The van der Waals surface area contributed by atoms with Gasteiger partial charge >= 0.3 is 12.0 Å². The van der Waals surface area contributed by atoms with E-state index in [4.69, 9.17) is 9.47 Å². The summed E-state index contributed by atoms with van der Waals surface area (Å²) in [6.07, 6.45) is 1.22. The SMILES string of the molecule is CCOc1cc([C@@H](C)N(CCCCc2ccccc2)C(=O)NC(C(=O)O)C(C)O)cc(OCC)c1C. The molecule has 3 N–H and O–H groups in total. The van der Waals surface area contributed by atoms with Gasteiger partial charge in [-0.2, -0.15) is 0 Å². The maximum absolute atomic E-state index is 13.3. The van der Waals surface area contributed by atoms with Crippen LogP contribution in [0.4, 0.5) is 4.79 Å². The summed E-state index contributed by atoms with van der Waals surface area (Å²) in [4.78, 5) is 26.5. The molecule has 0 aromatic heterocycles. The van der Waals surface area contributed by atoms with Gasteiger partial charge in [0.2, 0.25) is 0 Å². The van der Waals surface area contributed by atoms with Crippen LogP contribution in [0.1, 0.15) is 63.3 Å². The third-order valence-corrected chi connectivity index (χ3v) is 6.13. The Morgan fingerprint density at radius 2 is 1.58 bits per heavy atom. The number of carboxylic acids is 1. The van der Waals surface area contributed by atoms with Gasteiger partial charge in [0.05, 0.1) is 25.4 Å². The standard InChI is InChI=1S/C28H40N2O6/c1-6-35-24-17-23(18-25(19(24)3)36-7-2)20(4)30(28(34)29-26(21(5)31)27(32)33)16-12-11-15-22-13-9-8-10-14-22/h8-10,13-14,17-18,20-21,26,31H,6-7,11-12,15-16H2,1-5H3,(H,29,34)(H,32,33)/t20-,21?,26?/m1/s1. The highest BCUT2D eigenvalue weighted by Gasteiger charge is 2.30. The highest BCUT2D eigenvalue weighted by molar-refractivity contribution is 5.83. The fourth-order valence-corrected chi connectivity index (χ4v) is 4.05. The first-order valence-corrected chi connectivity index (χ1v) is 12.6. The number of ether oxygens (including phenoxy) is 2. The molecule has 0 spiro atoms. The van der Waals surface area contributed by atoms with Crippen LogP contribution in [-0.4, -0.2) is 59.0 Å². The van der Waals surface area contributed by atoms with Gasteiger partial charge in [-0.05, 0) is 77.1 Å². The maximum Gasteiger partial charge on any atom is 0.328 e. The van der Waals surface area contributed by atoms with Crippen molar-refractivity contribution in [3.05, 3.63) is 59.2 Å². The van der Waals surface area contributed by atoms with Crippen LogP contribution in [0.2, 0.25) is 0 Å². The minimum absolute atomic E-state index is 0.399. The zero-order valence-electron chi connectivity index (χ0n) is 22.0. The summed E-state index contributed by atoms with van der Waals surface area (Å²) in [5.74, 6) is 0.0758. The summed E-state index contributed by atoms with van der Waals surface area (Å²) in [7, 11) is 0. The van der Waals surface area contributed by atoms with Crippen molar-refractivity contribution in [3.63, 3.8) is 0 Å². The Bertz CT molecular complexity index is 952. The van der Waals surface area contributed by atoms with E-state index in [0.717, 1.165) is 30.4 Å². The van der Waals surface area contributed by atoms with Gasteiger partial charge in [0.25, 0.3) is 0 Å². The fraction of sp³-hybridized carbons (Fsp3) is 0.500. The molecule has 2 rings (SSSR count). The highest BCUT2D eigenvalue weighted by Crippen LogP contribution is 2.34. The molecule has 3 atom stereocenters. The summed E-state index contributed by atoms with van der Waals surface area (Å²) in [6, 6.07) is 11.6. The van der Waals surface area contributed by atoms with Gasteiger partial charge in [-0.1, -0.05) is 30.3 Å². The van der Waals surface area contributed by atoms with Crippen LogP contribution < -0.4 is 14.8 Å². The number of hydrogen-bond acceptors (Lipinski definition) is 5. The number of benzene rings is 2. The lowest BCUT2D eigenvalue weighted by Crippen LogP contribution is -2.53. The Balaban J connectivity index is 2.30. The summed E-state index contributed by atoms with van der Waals surface area (Å²) in [5, 5.41) is 21.8. The molecule has 36 heavy (non-hydrogen) atoms. The topological polar surface area (TPSA) is 108 Å². The van der Waals surface area contributed by atoms with Gasteiger partial charge < -0.3 is 29.9 Å². The van der Waals surface area contributed by atoms with Crippen molar-refractivity contribution in [2.75, 3.05) is 19.8 Å². The lowest BCUT2D eigenvalue weighted by Gasteiger charge is -2.32. The molecule has 0 aliphatic carbocycles. The Morgan fingerprint density at radius 1 is 1.00 bits per heavy atom. The van der Waals surface area contributed by atoms with Crippen molar-refractivity contribution in [1.29, 1.82) is 0 Å². The van der Waals surface area contributed by atoms with Gasteiger partial charge in [0.1, 0.15) is 11.5 Å². The molecule has 0 saturated carbocycles. The van der Waals surface area contributed by atoms with E-state index in [1.165, 1.54) is 12.5 Å². The number of aliphatic carboxylic acids is 1. The van der Waals surface area contributed by atoms with E-state index in [9.17, 15) is 19.8 Å². The Kier molecular flexibility index (Phi) is 11.5. The van der Waals surface area contributed by atoms with Crippen LogP contribution in [0.3, 0.4) is 0 Å². The second-order valence-corrected chi connectivity index (χ2v) is 8.83. The zero-order chi connectivity index (χ0) is 26.7. The number of nitrogens with zero attached hydrogens (tertiary/aromatic N) is 1. The number of aliphatic hydroxyl groups excluding tert-OH is 1. The molecule has 0 aliphatic heterocycles. The molecule has 0 bridgehead atoms. The quantitative estimate of drug-likeness (QED) is 0.324. The van der Waals surface area contributed by atoms with Crippen molar-refractivity contribution < 1.29 is 29.3 Å². The number of amides is 2. The molecule has 0 heterocycles. The Labute approximate surface area is 214 Å². The number of unbranched alkanes of at least 4 members (excludes halogenated alkanes) is 1. The third-order valence-electron chi connectivity index (χ3n) is 6.13. The van der Waals surface area contributed by atoms with Crippen molar-refractivity contribution in [1.82, 2.24) is 10.2 Å². The molecule has 2 aromatic carbocycles. The largest absolute Gasteiger partial charge is 0.493 e. The molecule has 2 unspecified atom stereocenters. The monoisotopic (exact) mass is 500 g/mol. The van der Waals surface area contributed by atoms with E-state index in [0.29, 0.717) is 31.3 Å². The van der Waals surface area contributed by atoms with Crippen LogP contribution in [0, 0.1) is 6.92 Å². The van der Waals surface area contributed by atoms with E-state index >= 15 is 0 Å². The molecule has 198 valence electrons. The molecule has 0 fully saturated rings. The van der Waals surface area contributed by atoms with Gasteiger partial charge in [0.15, 0.2) is 6.04 Å². The van der Waals surface area contributed by atoms with Crippen LogP contribution in [0.5, 0.6) is 11.5 Å². The fourth-order valence-electron chi connectivity index (χ4n) is 4.05. The van der Waals surface area contributed by atoms with Crippen LogP contribution in [0.15, 0.2) is 42.5 Å². The second kappa shape index (κ2) is 14.3. The third kappa shape index (κ3) is 8.16. The normalized spacial score (nSPS) is 13.4. The van der Waals surface area contributed by atoms with Gasteiger partial charge in [-0.25, -0.2) is 9.59 Å². The number of nitrogens with one attached hydrogen (secondary N) is 1. The molecular weight excluding hydrogens is 460 g/mol. The molecule has 8 nitrogen and oxygen atoms in total. The predicted octanol–water partition coefficient (Wildman–Crippen LogP) is 4.72. The number of hydrogen-bond donors (Lipinski definition) is 3. The van der Waals surface area contributed by atoms with Crippen LogP contribution in [-0.2, 0) is 11.2 Å². The molecule has 2 aromatic rings. The first-order chi connectivity index (χ1) is 17.2. The Hall–Kier alpha value is -3.26. The average Bonchev–Trinajstić information content (AvgIpc) is 2.84. The summed E-state index contributed by atoms with van der Waals surface area (Å²) < 4.78 is 11.6. The second-order valence-electron chi connectivity index (χ2n) is 8.83. The number of rotatable bonds is 14. The van der Waals surface area contributed by atoms with E-state index in [2.05, 4.69) is 17.4 Å². The smallest absolute Gasteiger partial charge is 0.328 e. The summed E-state index contributed by atoms with van der Waals surface area (Å²) in [6.45, 7) is 10.4. The average molecular weight is 501 g/mol. The van der Waals surface area contributed by atoms with Crippen LogP contribution >= 0.6 is 0 Å². The van der Waals surface area contributed by atoms with E-state index < -0.39 is 30.2 Å². The number of aryl methyl sites for hydroxylation is 1. The summed E-state index contributed by atoms with van der Waals surface area (Å²) in [5.41, 5.74) is 2.92. The van der Waals surface area contributed by atoms with Crippen molar-refractivity contribution in [2.45, 2.75) is 72.1 Å². The van der Waals surface area contributed by atoms with Crippen LogP contribution in [0.25, 0.3) is 0 Å². The number of aliphatic hydroxyl groups is 1. The van der Waals surface area contributed by atoms with E-state index in [-0.39, 0.29) is 0 Å². The highest BCUT2D eigenvalue weighted by atomic mass is 16.5. The van der Waals surface area contributed by atoms with E-state index in [1.54, 1.807) is 4.90 Å². The van der Waals surface area contributed by atoms with E-state index in [1.807, 2.05) is 58.0 Å². The maximum atomic E-state index is 13.3. The molecule has 0 saturated heterocycles. The van der Waals surface area contributed by atoms with Gasteiger partial charge in [0, 0.05) is 12.1 Å². The first-order valence-electron chi connectivity index (χ1n) is 12.6. The number of carbonyl (C=O) groups is 2. The van der Waals surface area contributed by atoms with Gasteiger partial charge in [-0.15, -0.1) is 0 Å². The van der Waals surface area contributed by atoms with Crippen molar-refractivity contribution >= 4 is 12.0 Å². The first kappa shape index (κ1) is 29.0. The summed E-state index contributed by atoms with van der Waals surface area (Å²) >= 11 is 0. The van der Waals surface area contributed by atoms with Crippen molar-refractivity contribution in [3.8, 4) is 11.5 Å². The lowest BCUT2D eigenvalue weighted by molar-refractivity contribution is -0.141.